The smallest absolute Gasteiger partial charge is 0.220 e. The second kappa shape index (κ2) is 5.98. The summed E-state index contributed by atoms with van der Waals surface area (Å²) in [4.78, 5) is 11.5. The Hall–Kier alpha value is -0.610. The molecular weight excluding hydrogens is 180 g/mol. The fourth-order valence-electron chi connectivity index (χ4n) is 1.53. The molecule has 0 radical (unpaired) electrons. The van der Waals surface area contributed by atoms with Gasteiger partial charge >= 0.3 is 0 Å². The summed E-state index contributed by atoms with van der Waals surface area (Å²) in [5.74, 6) is 0.393. The third kappa shape index (κ3) is 4.07. The predicted octanol–water partition coefficient (Wildman–Crippen LogP) is 0.267. The molecule has 0 aromatic heterocycles. The van der Waals surface area contributed by atoms with Gasteiger partial charge in [-0.1, -0.05) is 6.92 Å². The molecule has 0 aliphatic carbocycles. The van der Waals surface area contributed by atoms with Gasteiger partial charge < -0.3 is 15.8 Å². The van der Waals surface area contributed by atoms with Gasteiger partial charge in [0.25, 0.3) is 0 Å². The first-order chi connectivity index (χ1) is 6.72. The van der Waals surface area contributed by atoms with E-state index in [1.165, 1.54) is 0 Å². The van der Waals surface area contributed by atoms with Crippen LogP contribution in [0.3, 0.4) is 0 Å². The minimum absolute atomic E-state index is 0.120. The Bertz CT molecular complexity index is 179. The Labute approximate surface area is 85.2 Å². The quantitative estimate of drug-likeness (QED) is 0.684. The van der Waals surface area contributed by atoms with Gasteiger partial charge in [0.2, 0.25) is 5.91 Å². The second-order valence-electron chi connectivity index (χ2n) is 4.00. The van der Waals surface area contributed by atoms with Gasteiger partial charge in [0.15, 0.2) is 0 Å². The Morgan fingerprint density at radius 1 is 1.57 bits per heavy atom. The van der Waals surface area contributed by atoms with Crippen molar-refractivity contribution in [1.29, 1.82) is 0 Å². The van der Waals surface area contributed by atoms with Crippen molar-refractivity contribution in [2.45, 2.75) is 32.2 Å². The number of ether oxygens (including phenoxy) is 1. The van der Waals surface area contributed by atoms with Crippen LogP contribution in [0.4, 0.5) is 0 Å². The van der Waals surface area contributed by atoms with Gasteiger partial charge in [-0.3, -0.25) is 4.79 Å². The lowest BCUT2D eigenvalue weighted by atomic mass is 10.1. The largest absolute Gasteiger partial charge is 0.381 e. The fraction of sp³-hybridized carbons (Fsp3) is 0.900. The molecule has 0 bridgehead atoms. The van der Waals surface area contributed by atoms with Crippen LogP contribution in [0.15, 0.2) is 0 Å². The molecule has 82 valence electrons. The molecule has 1 fully saturated rings. The molecule has 0 aromatic carbocycles. The lowest BCUT2D eigenvalue weighted by Crippen LogP contribution is -2.39. The van der Waals surface area contributed by atoms with Crippen LogP contribution in [0.1, 0.15) is 26.2 Å². The molecule has 1 heterocycles. The zero-order chi connectivity index (χ0) is 10.4. The number of carbonyl (C=O) groups is 1. The molecule has 0 saturated carbocycles. The van der Waals surface area contributed by atoms with Crippen LogP contribution in [0.2, 0.25) is 0 Å². The molecule has 0 spiro atoms. The van der Waals surface area contributed by atoms with E-state index in [1.807, 2.05) is 6.92 Å². The van der Waals surface area contributed by atoms with Crippen LogP contribution in [-0.4, -0.2) is 31.7 Å². The van der Waals surface area contributed by atoms with Gasteiger partial charge in [-0.25, -0.2) is 0 Å². The average Bonchev–Trinajstić information content (AvgIpc) is 2.19. The first-order valence-corrected chi connectivity index (χ1v) is 5.29. The second-order valence-corrected chi connectivity index (χ2v) is 4.00. The van der Waals surface area contributed by atoms with Crippen LogP contribution in [0, 0.1) is 5.92 Å². The van der Waals surface area contributed by atoms with Crippen molar-refractivity contribution in [1.82, 2.24) is 5.32 Å². The third-order valence-corrected chi connectivity index (χ3v) is 2.52. The van der Waals surface area contributed by atoms with Crippen LogP contribution in [0.25, 0.3) is 0 Å². The van der Waals surface area contributed by atoms with E-state index >= 15 is 0 Å². The van der Waals surface area contributed by atoms with Gasteiger partial charge in [0, 0.05) is 25.7 Å². The third-order valence-electron chi connectivity index (χ3n) is 2.52. The van der Waals surface area contributed by atoms with Crippen molar-refractivity contribution in [3.05, 3.63) is 0 Å². The number of hydrogen-bond acceptors (Lipinski definition) is 3. The summed E-state index contributed by atoms with van der Waals surface area (Å²) < 4.78 is 5.21. The molecule has 4 nitrogen and oxygen atoms in total. The lowest BCUT2D eigenvalue weighted by Gasteiger charge is -2.23. The lowest BCUT2D eigenvalue weighted by molar-refractivity contribution is -0.123. The maximum Gasteiger partial charge on any atom is 0.220 e. The summed E-state index contributed by atoms with van der Waals surface area (Å²) in [7, 11) is 0. The summed E-state index contributed by atoms with van der Waals surface area (Å²) in [6.07, 6.45) is 2.40. The molecule has 1 aliphatic heterocycles. The van der Waals surface area contributed by atoms with Gasteiger partial charge in [-0.2, -0.15) is 0 Å². The van der Waals surface area contributed by atoms with Crippen LogP contribution >= 0.6 is 0 Å². The van der Waals surface area contributed by atoms with E-state index in [1.54, 1.807) is 0 Å². The monoisotopic (exact) mass is 200 g/mol. The molecule has 4 heteroatoms. The van der Waals surface area contributed by atoms with Gasteiger partial charge in [-0.15, -0.1) is 0 Å². The van der Waals surface area contributed by atoms with Crippen LogP contribution in [0.5, 0.6) is 0 Å². The summed E-state index contributed by atoms with van der Waals surface area (Å²) in [6.45, 7) is 4.08. The minimum atomic E-state index is 0.120. The Balaban J connectivity index is 2.18. The molecule has 3 N–H and O–H groups in total. The highest BCUT2D eigenvalue weighted by Crippen LogP contribution is 2.07. The summed E-state index contributed by atoms with van der Waals surface area (Å²) in [5, 5.41) is 3.01. The molecule has 1 rings (SSSR count). The Kier molecular flexibility index (Phi) is 4.90. The number of nitrogens with two attached hydrogens (primary N) is 1. The van der Waals surface area contributed by atoms with Crippen LogP contribution < -0.4 is 11.1 Å². The van der Waals surface area contributed by atoms with Crippen molar-refractivity contribution in [3.63, 3.8) is 0 Å². The number of nitrogens with one attached hydrogen (secondary N) is 1. The van der Waals surface area contributed by atoms with Crippen molar-refractivity contribution < 1.29 is 9.53 Å². The SMILES string of the molecule is CC(CN)CC(=O)NC1CCOCC1. The number of hydrogen-bond donors (Lipinski definition) is 2. The van der Waals surface area contributed by atoms with E-state index in [-0.39, 0.29) is 11.8 Å². The molecule has 1 amide bonds. The zero-order valence-corrected chi connectivity index (χ0v) is 8.79. The molecule has 0 aromatic rings. The predicted molar refractivity (Wildman–Crippen MR) is 54.8 cm³/mol. The maximum atomic E-state index is 11.5. The van der Waals surface area contributed by atoms with E-state index in [2.05, 4.69) is 5.32 Å². The molecule has 1 unspecified atom stereocenters. The maximum absolute atomic E-state index is 11.5. The molecule has 1 aliphatic rings. The number of amides is 1. The summed E-state index contributed by atoms with van der Waals surface area (Å²) >= 11 is 0. The van der Waals surface area contributed by atoms with Crippen molar-refractivity contribution in [3.8, 4) is 0 Å². The summed E-state index contributed by atoms with van der Waals surface area (Å²) in [5.41, 5.74) is 5.45. The average molecular weight is 200 g/mol. The zero-order valence-electron chi connectivity index (χ0n) is 8.79. The van der Waals surface area contributed by atoms with Crippen LogP contribution in [-0.2, 0) is 9.53 Å². The molecule has 1 saturated heterocycles. The summed E-state index contributed by atoms with van der Waals surface area (Å²) in [6, 6.07) is 0.307. The molecule has 14 heavy (non-hydrogen) atoms. The fourth-order valence-corrected chi connectivity index (χ4v) is 1.53. The molecule has 1 atom stereocenters. The highest BCUT2D eigenvalue weighted by atomic mass is 16.5. The van der Waals surface area contributed by atoms with Crippen molar-refractivity contribution in [2.75, 3.05) is 19.8 Å². The van der Waals surface area contributed by atoms with E-state index < -0.39 is 0 Å². The standard InChI is InChI=1S/C10H20N2O2/c1-8(7-11)6-10(13)12-9-2-4-14-5-3-9/h8-9H,2-7,11H2,1H3,(H,12,13). The first-order valence-electron chi connectivity index (χ1n) is 5.29. The number of rotatable bonds is 4. The Morgan fingerprint density at radius 2 is 2.21 bits per heavy atom. The van der Waals surface area contributed by atoms with E-state index in [4.69, 9.17) is 10.5 Å². The van der Waals surface area contributed by atoms with Crippen molar-refractivity contribution >= 4 is 5.91 Å². The van der Waals surface area contributed by atoms with E-state index in [9.17, 15) is 4.79 Å². The van der Waals surface area contributed by atoms with E-state index in [0.717, 1.165) is 26.1 Å². The highest BCUT2D eigenvalue weighted by molar-refractivity contribution is 5.76. The van der Waals surface area contributed by atoms with Gasteiger partial charge in [0.05, 0.1) is 0 Å². The highest BCUT2D eigenvalue weighted by Gasteiger charge is 2.16. The van der Waals surface area contributed by atoms with Crippen molar-refractivity contribution in [2.24, 2.45) is 11.7 Å². The van der Waals surface area contributed by atoms with E-state index in [0.29, 0.717) is 19.0 Å². The number of carbonyl (C=O) groups excluding carboxylic acids is 1. The van der Waals surface area contributed by atoms with Gasteiger partial charge in [0.1, 0.15) is 0 Å². The normalized spacial score (nSPS) is 20.4. The molecular formula is C10H20N2O2. The first kappa shape index (κ1) is 11.5. The Morgan fingerprint density at radius 3 is 2.79 bits per heavy atom. The topological polar surface area (TPSA) is 64.4 Å². The van der Waals surface area contributed by atoms with Gasteiger partial charge in [-0.05, 0) is 25.3 Å². The minimum Gasteiger partial charge on any atom is -0.381 e.